The maximum absolute atomic E-state index is 8.49. The van der Waals surface area contributed by atoms with Gasteiger partial charge in [0.05, 0.1) is 5.56 Å². The molecule has 0 aliphatic carbocycles. The maximum Gasteiger partial charge on any atom is 0.271 e. The first kappa shape index (κ1) is 28.1. The Kier molecular flexibility index (Phi) is 8.44. The quantitative estimate of drug-likeness (QED) is 0.269. The fourth-order valence-electron chi connectivity index (χ4n) is 4.69. The van der Waals surface area contributed by atoms with E-state index in [1.54, 1.807) is 0 Å². The van der Waals surface area contributed by atoms with Crippen LogP contribution in [0, 0.1) is 10.2 Å². The number of rotatable bonds is 4. The van der Waals surface area contributed by atoms with Crippen molar-refractivity contribution in [3.63, 3.8) is 0 Å². The highest BCUT2D eigenvalue weighted by Crippen LogP contribution is 2.44. The standard InChI is InChI=1S/C32H23BrNS.ClHO4/c1-34-29-14-8-9-15-30(29)35-32(34)31-27(23-10-4-2-5-11-23)20-25(22-16-18-26(33)19-17-22)21-28(31)24-12-6-3-7-13-24;2-1(3,4)5/h2-21H,1H3;(H,2,3,4,5)/q+1;/p-1. The molecular formula is C32H23BrClNO4S. The van der Waals surface area contributed by atoms with E-state index < -0.39 is 10.2 Å². The molecule has 0 bridgehead atoms. The molecule has 8 heteroatoms. The van der Waals surface area contributed by atoms with E-state index in [1.165, 1.54) is 54.2 Å². The van der Waals surface area contributed by atoms with Crippen molar-refractivity contribution >= 4 is 37.5 Å². The lowest BCUT2D eigenvalue weighted by molar-refractivity contribution is -2.00. The normalized spacial score (nSPS) is 11.2. The van der Waals surface area contributed by atoms with Gasteiger partial charge in [0.2, 0.25) is 5.52 Å². The second-order valence-corrected chi connectivity index (χ2v) is 11.7. The lowest BCUT2D eigenvalue weighted by atomic mass is 9.88. The van der Waals surface area contributed by atoms with Gasteiger partial charge in [0.15, 0.2) is 0 Å². The third kappa shape index (κ3) is 6.49. The van der Waals surface area contributed by atoms with E-state index in [1.807, 2.05) is 11.3 Å². The molecule has 0 spiro atoms. The van der Waals surface area contributed by atoms with Gasteiger partial charge in [0.25, 0.3) is 5.01 Å². The van der Waals surface area contributed by atoms with Crippen LogP contribution in [-0.4, -0.2) is 0 Å². The van der Waals surface area contributed by atoms with E-state index in [4.69, 9.17) is 18.6 Å². The molecule has 0 amide bonds. The van der Waals surface area contributed by atoms with Crippen LogP contribution in [0.25, 0.3) is 54.2 Å². The number of benzene rings is 5. The Bertz CT molecular complexity index is 1690. The topological polar surface area (TPSA) is 96.1 Å². The Morgan fingerprint density at radius 1 is 0.600 bits per heavy atom. The van der Waals surface area contributed by atoms with Gasteiger partial charge in [-0.05, 0) is 63.7 Å². The van der Waals surface area contributed by atoms with E-state index >= 15 is 0 Å². The minimum Gasteiger partial charge on any atom is -0.222 e. The Balaban J connectivity index is 0.000000595. The smallest absolute Gasteiger partial charge is 0.222 e. The van der Waals surface area contributed by atoms with Gasteiger partial charge >= 0.3 is 0 Å². The Labute approximate surface area is 246 Å². The molecule has 0 N–H and O–H groups in total. The van der Waals surface area contributed by atoms with Crippen molar-refractivity contribution in [2.45, 2.75) is 0 Å². The van der Waals surface area contributed by atoms with Crippen molar-refractivity contribution in [3.8, 4) is 44.0 Å². The first-order valence-corrected chi connectivity index (χ1v) is 15.1. The van der Waals surface area contributed by atoms with Crippen molar-refractivity contribution in [2.75, 3.05) is 0 Å². The second kappa shape index (κ2) is 12.0. The summed E-state index contributed by atoms with van der Waals surface area (Å²) in [7, 11) is -2.76. The molecule has 0 saturated carbocycles. The van der Waals surface area contributed by atoms with Crippen molar-refractivity contribution < 1.29 is 33.4 Å². The minimum atomic E-state index is -4.94. The molecule has 0 unspecified atom stereocenters. The molecule has 6 rings (SSSR count). The van der Waals surface area contributed by atoms with Crippen molar-refractivity contribution in [1.29, 1.82) is 0 Å². The number of fused-ring (bicyclic) bond motifs is 1. The predicted octanol–water partition coefficient (Wildman–Crippen LogP) is 4.40. The van der Waals surface area contributed by atoms with Gasteiger partial charge < -0.3 is 0 Å². The van der Waals surface area contributed by atoms with E-state index in [0.717, 1.165) is 4.47 Å². The fourth-order valence-corrected chi connectivity index (χ4v) is 6.18. The summed E-state index contributed by atoms with van der Waals surface area (Å²) in [6.45, 7) is 0. The molecule has 40 heavy (non-hydrogen) atoms. The zero-order chi connectivity index (χ0) is 28.3. The van der Waals surface area contributed by atoms with Crippen LogP contribution in [0.3, 0.4) is 0 Å². The largest absolute Gasteiger partial charge is 0.271 e. The summed E-state index contributed by atoms with van der Waals surface area (Å²) in [5.41, 5.74) is 9.86. The molecule has 0 aliphatic heterocycles. The van der Waals surface area contributed by atoms with Gasteiger partial charge in [0.1, 0.15) is 11.7 Å². The van der Waals surface area contributed by atoms with Crippen LogP contribution in [0.15, 0.2) is 126 Å². The van der Waals surface area contributed by atoms with Crippen LogP contribution < -0.4 is 23.2 Å². The molecule has 0 radical (unpaired) electrons. The summed E-state index contributed by atoms with van der Waals surface area (Å²) < 4.78 is 38.7. The predicted molar refractivity (Wildman–Crippen MR) is 152 cm³/mol. The zero-order valence-corrected chi connectivity index (χ0v) is 24.4. The van der Waals surface area contributed by atoms with Crippen molar-refractivity contribution in [1.82, 2.24) is 0 Å². The van der Waals surface area contributed by atoms with Crippen LogP contribution in [0.5, 0.6) is 0 Å². The van der Waals surface area contributed by atoms with E-state index in [2.05, 4.69) is 149 Å². The molecule has 0 aliphatic rings. The Hall–Kier alpha value is -3.40. The number of aromatic nitrogens is 1. The van der Waals surface area contributed by atoms with Gasteiger partial charge in [0, 0.05) is 10.5 Å². The molecular weight excluding hydrogens is 610 g/mol. The van der Waals surface area contributed by atoms with Gasteiger partial charge in [-0.3, -0.25) is 0 Å². The number of hydrogen-bond acceptors (Lipinski definition) is 5. The lowest BCUT2D eigenvalue weighted by Gasteiger charge is -2.17. The molecule has 0 fully saturated rings. The van der Waals surface area contributed by atoms with Crippen molar-refractivity contribution in [3.05, 3.63) is 126 Å². The SMILES string of the molecule is C[n+]1c(-c2c(-c3ccccc3)cc(-c3ccc(Br)cc3)cc2-c2ccccc2)sc2ccccc21.[O-][Cl+3]([O-])([O-])[O-]. The monoisotopic (exact) mass is 631 g/mol. The summed E-state index contributed by atoms with van der Waals surface area (Å²) >= 11 is 5.44. The molecule has 0 atom stereocenters. The fraction of sp³-hybridized carbons (Fsp3) is 0.0312. The maximum atomic E-state index is 8.49. The molecule has 200 valence electrons. The third-order valence-corrected chi connectivity index (χ3v) is 8.20. The highest BCUT2D eigenvalue weighted by Gasteiger charge is 2.26. The molecule has 5 aromatic carbocycles. The number of nitrogens with zero attached hydrogens (tertiary/aromatic N) is 1. The van der Waals surface area contributed by atoms with Gasteiger partial charge in [-0.2, -0.15) is 4.57 Å². The third-order valence-electron chi connectivity index (χ3n) is 6.44. The Morgan fingerprint density at radius 3 is 1.57 bits per heavy atom. The van der Waals surface area contributed by atoms with E-state index in [0.29, 0.717) is 0 Å². The molecule has 5 nitrogen and oxygen atoms in total. The Morgan fingerprint density at radius 2 is 1.07 bits per heavy atom. The van der Waals surface area contributed by atoms with Crippen LogP contribution in [0.2, 0.25) is 0 Å². The van der Waals surface area contributed by atoms with Gasteiger partial charge in [-0.15, -0.1) is 10.2 Å². The summed E-state index contributed by atoms with van der Waals surface area (Å²) in [5.74, 6) is 0. The van der Waals surface area contributed by atoms with Crippen LogP contribution >= 0.6 is 27.3 Å². The molecule has 0 saturated heterocycles. The first-order chi connectivity index (χ1) is 19.2. The number of para-hydroxylation sites is 1. The highest BCUT2D eigenvalue weighted by atomic mass is 79.9. The lowest BCUT2D eigenvalue weighted by Crippen LogP contribution is -2.68. The van der Waals surface area contributed by atoms with E-state index in [9.17, 15) is 0 Å². The molecule has 1 heterocycles. The van der Waals surface area contributed by atoms with Crippen LogP contribution in [0.1, 0.15) is 0 Å². The number of halogens is 2. The summed E-state index contributed by atoms with van der Waals surface area (Å²) in [6.07, 6.45) is 0. The first-order valence-electron chi connectivity index (χ1n) is 12.2. The summed E-state index contributed by atoms with van der Waals surface area (Å²) in [6, 6.07) is 43.5. The van der Waals surface area contributed by atoms with Crippen LogP contribution in [0.4, 0.5) is 0 Å². The second-order valence-electron chi connectivity index (χ2n) is 9.00. The number of thiazole rings is 1. The van der Waals surface area contributed by atoms with Gasteiger partial charge in [-0.25, -0.2) is 18.6 Å². The van der Waals surface area contributed by atoms with E-state index in [-0.39, 0.29) is 0 Å². The average Bonchev–Trinajstić information content (AvgIpc) is 3.29. The molecule has 6 aromatic rings. The van der Waals surface area contributed by atoms with Crippen molar-refractivity contribution in [2.24, 2.45) is 7.05 Å². The number of hydrogen-bond donors (Lipinski definition) is 0. The van der Waals surface area contributed by atoms with Crippen LogP contribution in [-0.2, 0) is 7.05 Å². The highest BCUT2D eigenvalue weighted by molar-refractivity contribution is 9.10. The minimum absolute atomic E-state index is 1.08. The summed E-state index contributed by atoms with van der Waals surface area (Å²) in [5, 5.41) is 1.26. The zero-order valence-electron chi connectivity index (χ0n) is 21.3. The average molecular weight is 633 g/mol. The van der Waals surface area contributed by atoms with Gasteiger partial charge in [-0.1, -0.05) is 112 Å². The summed E-state index contributed by atoms with van der Waals surface area (Å²) in [4.78, 5) is 0. The number of aryl methyl sites for hydroxylation is 1. The molecule has 1 aromatic heterocycles.